The molecule has 2 aromatic rings. The highest BCUT2D eigenvalue weighted by Gasteiger charge is 2.26. The number of aliphatic hydroxyl groups excluding tert-OH is 2. The van der Waals surface area contributed by atoms with Crippen molar-refractivity contribution in [2.75, 3.05) is 19.5 Å². The fourth-order valence-electron chi connectivity index (χ4n) is 2.17. The number of nitrogens with two attached hydrogens (primary N) is 1. The number of aromatic nitrogens is 3. The zero-order chi connectivity index (χ0) is 14.9. The summed E-state index contributed by atoms with van der Waals surface area (Å²) in [6, 6.07) is 1.53. The predicted molar refractivity (Wildman–Crippen MR) is 73.1 cm³/mol. The van der Waals surface area contributed by atoms with Crippen LogP contribution in [0.25, 0.3) is 11.0 Å². The molecule has 0 unspecified atom stereocenters. The van der Waals surface area contributed by atoms with E-state index in [1.54, 1.807) is 6.92 Å². The number of nitrogens with zero attached hydrogens (tertiary/aromatic N) is 2. The molecule has 0 aromatic carbocycles. The van der Waals surface area contributed by atoms with Crippen molar-refractivity contribution in [3.63, 3.8) is 0 Å². The van der Waals surface area contributed by atoms with Gasteiger partial charge in [0.25, 0.3) is 5.56 Å². The lowest BCUT2D eigenvalue weighted by Gasteiger charge is -2.26. The van der Waals surface area contributed by atoms with Gasteiger partial charge in [-0.15, -0.1) is 0 Å². The summed E-state index contributed by atoms with van der Waals surface area (Å²) < 4.78 is 6.54. The summed E-state index contributed by atoms with van der Waals surface area (Å²) in [4.78, 5) is 18.1. The number of nitrogens with one attached hydrogen (secondary N) is 1. The van der Waals surface area contributed by atoms with Crippen molar-refractivity contribution >= 4 is 16.9 Å². The molecule has 2 heterocycles. The molecule has 20 heavy (non-hydrogen) atoms. The number of aliphatic hydroxyl groups is 2. The summed E-state index contributed by atoms with van der Waals surface area (Å²) in [6.45, 7) is 1.52. The number of ether oxygens (including phenoxy) is 1. The van der Waals surface area contributed by atoms with Crippen molar-refractivity contribution in [2.45, 2.75) is 19.3 Å². The first-order valence-electron chi connectivity index (χ1n) is 6.16. The van der Waals surface area contributed by atoms with Crippen LogP contribution in [-0.2, 0) is 4.74 Å². The first-order valence-corrected chi connectivity index (χ1v) is 6.16. The minimum atomic E-state index is -1.00. The summed E-state index contributed by atoms with van der Waals surface area (Å²) in [5, 5.41) is 19.6. The van der Waals surface area contributed by atoms with Crippen molar-refractivity contribution in [1.29, 1.82) is 0 Å². The second kappa shape index (κ2) is 5.61. The number of rotatable bonds is 5. The SMILES string of the molecule is CO[C@H](CO)[C@@H](C)[C@@H](O)n1cnc2c(=O)[nH]c(N)cc21. The van der Waals surface area contributed by atoms with Crippen molar-refractivity contribution in [2.24, 2.45) is 5.92 Å². The summed E-state index contributed by atoms with van der Waals surface area (Å²) in [6.07, 6.45) is -0.162. The molecule has 0 fully saturated rings. The summed E-state index contributed by atoms with van der Waals surface area (Å²) >= 11 is 0. The number of nitrogen functional groups attached to an aromatic ring is 1. The normalized spacial score (nSPS) is 16.2. The molecule has 2 aromatic heterocycles. The number of fused-ring (bicyclic) bond motifs is 1. The summed E-state index contributed by atoms with van der Waals surface area (Å²) in [7, 11) is 1.46. The summed E-state index contributed by atoms with van der Waals surface area (Å²) in [5.74, 6) is -0.211. The van der Waals surface area contributed by atoms with Crippen LogP contribution in [0, 0.1) is 5.92 Å². The largest absolute Gasteiger partial charge is 0.394 e. The number of anilines is 1. The molecule has 2 rings (SSSR count). The third-order valence-corrected chi connectivity index (χ3v) is 3.42. The highest BCUT2D eigenvalue weighted by atomic mass is 16.5. The number of methoxy groups -OCH3 is 1. The van der Waals surface area contributed by atoms with Gasteiger partial charge in [0.1, 0.15) is 12.0 Å². The molecule has 5 N–H and O–H groups in total. The van der Waals surface area contributed by atoms with Gasteiger partial charge in [-0.2, -0.15) is 0 Å². The lowest BCUT2D eigenvalue weighted by Crippen LogP contribution is -2.31. The van der Waals surface area contributed by atoms with E-state index in [-0.39, 0.29) is 17.9 Å². The van der Waals surface area contributed by atoms with Gasteiger partial charge < -0.3 is 30.2 Å². The average molecular weight is 282 g/mol. The van der Waals surface area contributed by atoms with Gasteiger partial charge in [-0.3, -0.25) is 4.79 Å². The zero-order valence-corrected chi connectivity index (χ0v) is 11.3. The average Bonchev–Trinajstić information content (AvgIpc) is 2.83. The topological polar surface area (TPSA) is 126 Å². The Kier molecular flexibility index (Phi) is 4.07. The Morgan fingerprint density at radius 1 is 1.60 bits per heavy atom. The summed E-state index contributed by atoms with van der Waals surface area (Å²) in [5.41, 5.74) is 5.81. The third-order valence-electron chi connectivity index (χ3n) is 3.42. The van der Waals surface area contributed by atoms with Crippen molar-refractivity contribution in [3.8, 4) is 0 Å². The minimum Gasteiger partial charge on any atom is -0.394 e. The zero-order valence-electron chi connectivity index (χ0n) is 11.3. The molecule has 3 atom stereocenters. The number of hydrogen-bond donors (Lipinski definition) is 4. The van der Waals surface area contributed by atoms with E-state index in [0.717, 1.165) is 0 Å². The van der Waals surface area contributed by atoms with E-state index in [1.165, 1.54) is 24.1 Å². The van der Waals surface area contributed by atoms with Gasteiger partial charge in [-0.05, 0) is 0 Å². The molecule has 0 saturated carbocycles. The Labute approximate surface area is 114 Å². The second-order valence-electron chi connectivity index (χ2n) is 4.67. The monoisotopic (exact) mass is 282 g/mol. The van der Waals surface area contributed by atoms with Gasteiger partial charge in [0.05, 0.1) is 24.6 Å². The van der Waals surface area contributed by atoms with E-state index in [9.17, 15) is 15.0 Å². The van der Waals surface area contributed by atoms with Gasteiger partial charge >= 0.3 is 0 Å². The molecular formula is C12H18N4O4. The van der Waals surface area contributed by atoms with Crippen LogP contribution in [0.1, 0.15) is 13.2 Å². The molecule has 0 spiro atoms. The lowest BCUT2D eigenvalue weighted by molar-refractivity contribution is -0.0581. The Morgan fingerprint density at radius 2 is 2.30 bits per heavy atom. The number of aromatic amines is 1. The van der Waals surface area contributed by atoms with Gasteiger partial charge in [0, 0.05) is 19.1 Å². The Bertz CT molecular complexity index is 646. The van der Waals surface area contributed by atoms with E-state index in [0.29, 0.717) is 5.52 Å². The van der Waals surface area contributed by atoms with E-state index in [4.69, 9.17) is 10.5 Å². The maximum Gasteiger partial charge on any atom is 0.277 e. The minimum absolute atomic E-state index is 0.189. The first kappa shape index (κ1) is 14.5. The second-order valence-corrected chi connectivity index (χ2v) is 4.67. The van der Waals surface area contributed by atoms with E-state index >= 15 is 0 Å². The molecule has 0 radical (unpaired) electrons. The van der Waals surface area contributed by atoms with Crippen LogP contribution in [-0.4, -0.2) is 44.6 Å². The first-order chi connectivity index (χ1) is 9.49. The van der Waals surface area contributed by atoms with Crippen LogP contribution in [0.5, 0.6) is 0 Å². The van der Waals surface area contributed by atoms with E-state index in [1.807, 2.05) is 0 Å². The Morgan fingerprint density at radius 3 is 2.90 bits per heavy atom. The molecule has 0 saturated heterocycles. The molecule has 0 amide bonds. The maximum absolute atomic E-state index is 11.7. The van der Waals surface area contributed by atoms with Crippen molar-refractivity contribution in [3.05, 3.63) is 22.7 Å². The maximum atomic E-state index is 11.7. The Balaban J connectivity index is 2.45. The fraction of sp³-hybridized carbons (Fsp3) is 0.500. The highest BCUT2D eigenvalue weighted by Crippen LogP contribution is 2.24. The molecule has 8 nitrogen and oxygen atoms in total. The van der Waals surface area contributed by atoms with Gasteiger partial charge in [0.2, 0.25) is 0 Å². The number of H-pyrrole nitrogens is 1. The lowest BCUT2D eigenvalue weighted by atomic mass is 10.0. The van der Waals surface area contributed by atoms with Crippen LogP contribution in [0.2, 0.25) is 0 Å². The highest BCUT2D eigenvalue weighted by molar-refractivity contribution is 5.76. The molecular weight excluding hydrogens is 264 g/mol. The van der Waals surface area contributed by atoms with Crippen LogP contribution in [0.3, 0.4) is 0 Å². The quantitative estimate of drug-likeness (QED) is 0.582. The van der Waals surface area contributed by atoms with Gasteiger partial charge in [-0.1, -0.05) is 6.92 Å². The van der Waals surface area contributed by atoms with Crippen LogP contribution in [0.4, 0.5) is 5.82 Å². The molecule has 0 aliphatic carbocycles. The third kappa shape index (κ3) is 2.40. The molecule has 0 aliphatic rings. The molecule has 0 aliphatic heterocycles. The van der Waals surface area contributed by atoms with Crippen LogP contribution >= 0.6 is 0 Å². The smallest absolute Gasteiger partial charge is 0.277 e. The van der Waals surface area contributed by atoms with Crippen molar-refractivity contribution in [1.82, 2.24) is 14.5 Å². The number of imidazole rings is 1. The standard InChI is InChI=1S/C12H18N4O4/c1-6(8(4-17)20-2)12(19)16-5-14-10-7(16)3-9(13)15-11(10)18/h3,5-6,8,12,17,19H,4H2,1-2H3,(H3,13,15,18)/t6-,8-,12-/m1/s1. The van der Waals surface area contributed by atoms with Crippen LogP contribution < -0.4 is 11.3 Å². The van der Waals surface area contributed by atoms with Crippen molar-refractivity contribution < 1.29 is 14.9 Å². The van der Waals surface area contributed by atoms with E-state index < -0.39 is 23.8 Å². The Hall–Kier alpha value is -1.90. The van der Waals surface area contributed by atoms with Gasteiger partial charge in [-0.25, -0.2) is 4.98 Å². The predicted octanol–water partition coefficient (Wildman–Crippen LogP) is -0.559. The fourth-order valence-corrected chi connectivity index (χ4v) is 2.17. The van der Waals surface area contributed by atoms with E-state index in [2.05, 4.69) is 9.97 Å². The molecule has 0 bridgehead atoms. The van der Waals surface area contributed by atoms with Gasteiger partial charge in [0.15, 0.2) is 5.52 Å². The molecule has 8 heteroatoms. The van der Waals surface area contributed by atoms with Crippen LogP contribution in [0.15, 0.2) is 17.2 Å². The number of pyridine rings is 1. The molecule has 110 valence electrons. The number of hydrogen-bond acceptors (Lipinski definition) is 6.